The van der Waals surface area contributed by atoms with Crippen molar-refractivity contribution in [3.05, 3.63) is 35.7 Å². The van der Waals surface area contributed by atoms with Crippen LogP contribution in [0.5, 0.6) is 0 Å². The minimum atomic E-state index is -0.452. The lowest BCUT2D eigenvalue weighted by atomic mass is 9.50. The van der Waals surface area contributed by atoms with Gasteiger partial charge in [0, 0.05) is 31.1 Å². The summed E-state index contributed by atoms with van der Waals surface area (Å²) in [4.78, 5) is 4.76. The maximum atomic E-state index is 10.5. The van der Waals surface area contributed by atoms with E-state index in [9.17, 15) is 5.11 Å². The fraction of sp³-hybridized carbons (Fsp3) is 0.600. The average Bonchev–Trinajstić information content (AvgIpc) is 3.45. The molecule has 1 N–H and O–H groups in total. The summed E-state index contributed by atoms with van der Waals surface area (Å²) in [6.07, 6.45) is 9.30. The topological polar surface area (TPSA) is 71.6 Å². The number of aliphatic hydroxyl groups excluding tert-OH is 1. The Hall–Kier alpha value is -2.13. The Kier molecular flexibility index (Phi) is 4.48. The number of piperazine rings is 1. The fourth-order valence-corrected chi connectivity index (χ4v) is 6.87. The summed E-state index contributed by atoms with van der Waals surface area (Å²) >= 11 is 6.80. The monoisotopic (exact) mass is 482 g/mol. The summed E-state index contributed by atoms with van der Waals surface area (Å²) in [7, 11) is 0. The highest BCUT2D eigenvalue weighted by Gasteiger charge is 2.58. The molecule has 3 atom stereocenters. The van der Waals surface area contributed by atoms with Gasteiger partial charge < -0.3 is 14.7 Å². The molecule has 2 bridgehead atoms. The first kappa shape index (κ1) is 21.2. The van der Waals surface area contributed by atoms with Crippen LogP contribution in [-0.2, 0) is 10.3 Å². The zero-order valence-corrected chi connectivity index (χ0v) is 20.4. The van der Waals surface area contributed by atoms with E-state index in [0.29, 0.717) is 13.2 Å². The smallest absolute Gasteiger partial charge is 0.103 e. The molecule has 0 spiro atoms. The Bertz CT molecular complexity index is 1250. The van der Waals surface area contributed by atoms with E-state index in [1.165, 1.54) is 19.3 Å². The Morgan fingerprint density at radius 1 is 1.15 bits per heavy atom. The minimum Gasteiger partial charge on any atom is -0.389 e. The second kappa shape index (κ2) is 7.20. The minimum absolute atomic E-state index is 0.247. The molecule has 2 saturated heterocycles. The Labute approximate surface area is 204 Å². The van der Waals surface area contributed by atoms with Gasteiger partial charge in [0.25, 0.3) is 0 Å². The first-order chi connectivity index (χ1) is 16.4. The van der Waals surface area contributed by atoms with E-state index in [0.717, 1.165) is 52.9 Å². The third kappa shape index (κ3) is 2.89. The number of hydrogen-bond donors (Lipinski definition) is 1. The van der Waals surface area contributed by atoms with Crippen molar-refractivity contribution in [1.82, 2.24) is 24.5 Å². The van der Waals surface area contributed by atoms with Gasteiger partial charge in [0.2, 0.25) is 0 Å². The number of benzene rings is 1. The van der Waals surface area contributed by atoms with Crippen molar-refractivity contribution < 1.29 is 9.84 Å². The standard InChI is InChI=1S/C25H31ClN6O2/c1-16-12-29(24(2)15-34-14-23(24)33)3-4-30(16)22-6-21-18(5-20(22)26)10-28-32(21)19-11-27-31(13-19)25-7-17(8-25)9-25/h5-6,10-11,13,16-17,23,33H,3-4,7-9,12,14-15H2,1-2H3/t16-,17?,23?,24?,25?/m1/s1. The second-order valence-electron chi connectivity index (χ2n) is 11.1. The molecule has 1 aromatic carbocycles. The SMILES string of the molecule is C[C@@H]1CN(C2(C)COCC2O)CCN1c1cc2c(cnn2-c2cnn(C34CC(C3)C4)c2)cc1Cl. The van der Waals surface area contributed by atoms with Crippen molar-refractivity contribution in [1.29, 1.82) is 0 Å². The normalized spacial score (nSPS) is 35.5. The number of nitrogens with zero attached hydrogens (tertiary/aromatic N) is 6. The molecule has 8 nitrogen and oxygen atoms in total. The highest BCUT2D eigenvalue weighted by Crippen LogP contribution is 2.62. The number of rotatable bonds is 4. The van der Waals surface area contributed by atoms with Crippen LogP contribution in [0.15, 0.2) is 30.7 Å². The van der Waals surface area contributed by atoms with Gasteiger partial charge in [-0.15, -0.1) is 0 Å². The molecule has 3 aromatic rings. The molecule has 3 aliphatic carbocycles. The van der Waals surface area contributed by atoms with Crippen molar-refractivity contribution in [3.8, 4) is 5.69 Å². The molecule has 2 unspecified atom stereocenters. The van der Waals surface area contributed by atoms with Gasteiger partial charge in [-0.2, -0.15) is 10.2 Å². The molecular weight excluding hydrogens is 452 g/mol. The van der Waals surface area contributed by atoms with Gasteiger partial charge in [0.15, 0.2) is 0 Å². The van der Waals surface area contributed by atoms with Crippen LogP contribution < -0.4 is 4.90 Å². The van der Waals surface area contributed by atoms with Gasteiger partial charge in [-0.3, -0.25) is 9.58 Å². The van der Waals surface area contributed by atoms with Gasteiger partial charge in [-0.05, 0) is 51.2 Å². The highest BCUT2D eigenvalue weighted by atomic mass is 35.5. The quantitative estimate of drug-likeness (QED) is 0.616. The van der Waals surface area contributed by atoms with Crippen LogP contribution >= 0.6 is 11.6 Å². The van der Waals surface area contributed by atoms with Crippen molar-refractivity contribution in [2.75, 3.05) is 37.7 Å². The molecule has 34 heavy (non-hydrogen) atoms. The maximum Gasteiger partial charge on any atom is 0.103 e. The first-order valence-corrected chi connectivity index (χ1v) is 12.7. The number of hydrogen-bond acceptors (Lipinski definition) is 6. The van der Waals surface area contributed by atoms with Crippen LogP contribution in [0, 0.1) is 5.92 Å². The zero-order chi connectivity index (χ0) is 23.2. The lowest BCUT2D eigenvalue weighted by Gasteiger charge is -2.61. The molecule has 5 fully saturated rings. The van der Waals surface area contributed by atoms with Crippen LogP contribution in [0.4, 0.5) is 5.69 Å². The molecular formula is C25H31ClN6O2. The molecule has 2 aromatic heterocycles. The Balaban J connectivity index is 1.18. The average molecular weight is 483 g/mol. The maximum absolute atomic E-state index is 10.5. The van der Waals surface area contributed by atoms with Crippen molar-refractivity contribution in [2.45, 2.75) is 56.3 Å². The van der Waals surface area contributed by atoms with Crippen LogP contribution in [0.3, 0.4) is 0 Å². The van der Waals surface area contributed by atoms with Gasteiger partial charge in [-0.25, -0.2) is 4.68 Å². The summed E-state index contributed by atoms with van der Waals surface area (Å²) in [5, 5.41) is 21.6. The summed E-state index contributed by atoms with van der Waals surface area (Å²) in [6.45, 7) is 7.86. The second-order valence-corrected chi connectivity index (χ2v) is 11.5. The molecule has 9 heteroatoms. The number of anilines is 1. The molecule has 4 heterocycles. The summed E-state index contributed by atoms with van der Waals surface area (Å²) < 4.78 is 9.73. The van der Waals surface area contributed by atoms with E-state index < -0.39 is 6.10 Å². The van der Waals surface area contributed by atoms with E-state index >= 15 is 0 Å². The number of fused-ring (bicyclic) bond motifs is 1. The number of halogens is 1. The van der Waals surface area contributed by atoms with Crippen molar-refractivity contribution >= 4 is 28.2 Å². The van der Waals surface area contributed by atoms with Crippen molar-refractivity contribution in [2.24, 2.45) is 5.92 Å². The molecule has 5 aliphatic rings. The van der Waals surface area contributed by atoms with E-state index in [4.69, 9.17) is 21.4 Å². The third-order valence-corrected chi connectivity index (χ3v) is 9.29. The largest absolute Gasteiger partial charge is 0.389 e. The lowest BCUT2D eigenvalue weighted by molar-refractivity contribution is -0.0977. The lowest BCUT2D eigenvalue weighted by Crippen LogP contribution is -2.63. The number of ether oxygens (including phenoxy) is 1. The van der Waals surface area contributed by atoms with Gasteiger partial charge in [0.05, 0.1) is 65.2 Å². The van der Waals surface area contributed by atoms with Gasteiger partial charge in [-0.1, -0.05) is 11.6 Å². The highest BCUT2D eigenvalue weighted by molar-refractivity contribution is 6.34. The van der Waals surface area contributed by atoms with E-state index in [2.05, 4.69) is 45.7 Å². The number of aromatic nitrogens is 4. The molecule has 180 valence electrons. The first-order valence-electron chi connectivity index (χ1n) is 12.4. The molecule has 8 rings (SSSR count). The molecule has 2 aliphatic heterocycles. The van der Waals surface area contributed by atoms with Gasteiger partial charge in [0.1, 0.15) is 5.69 Å². The van der Waals surface area contributed by atoms with Crippen LogP contribution in [0.2, 0.25) is 5.02 Å². The molecule has 3 saturated carbocycles. The van der Waals surface area contributed by atoms with Crippen LogP contribution in [0.1, 0.15) is 33.1 Å². The summed E-state index contributed by atoms with van der Waals surface area (Å²) in [5.74, 6) is 0.914. The summed E-state index contributed by atoms with van der Waals surface area (Å²) in [5.41, 5.74) is 3.01. The number of aliphatic hydroxyl groups is 1. The molecule has 0 radical (unpaired) electrons. The Morgan fingerprint density at radius 2 is 1.97 bits per heavy atom. The van der Waals surface area contributed by atoms with E-state index in [1.54, 1.807) is 0 Å². The Morgan fingerprint density at radius 3 is 2.65 bits per heavy atom. The third-order valence-electron chi connectivity index (χ3n) is 8.99. The fourth-order valence-electron chi connectivity index (χ4n) is 6.59. The molecule has 0 amide bonds. The predicted octanol–water partition coefficient (Wildman–Crippen LogP) is 3.04. The van der Waals surface area contributed by atoms with Crippen LogP contribution in [0.25, 0.3) is 16.6 Å². The van der Waals surface area contributed by atoms with Gasteiger partial charge >= 0.3 is 0 Å². The summed E-state index contributed by atoms with van der Waals surface area (Å²) in [6, 6.07) is 4.44. The zero-order valence-electron chi connectivity index (χ0n) is 19.7. The van der Waals surface area contributed by atoms with E-state index in [1.807, 2.05) is 23.1 Å². The predicted molar refractivity (Wildman–Crippen MR) is 131 cm³/mol. The van der Waals surface area contributed by atoms with E-state index in [-0.39, 0.29) is 17.1 Å². The van der Waals surface area contributed by atoms with Crippen LogP contribution in [-0.4, -0.2) is 80.1 Å². The van der Waals surface area contributed by atoms with Crippen molar-refractivity contribution in [3.63, 3.8) is 0 Å².